The maximum absolute atomic E-state index is 12.1. The first-order chi connectivity index (χ1) is 10.2. The van der Waals surface area contributed by atoms with E-state index >= 15 is 0 Å². The van der Waals surface area contributed by atoms with Crippen molar-refractivity contribution in [3.63, 3.8) is 0 Å². The van der Waals surface area contributed by atoms with Gasteiger partial charge >= 0.3 is 12.1 Å². The minimum atomic E-state index is -0.540. The highest BCUT2D eigenvalue weighted by Gasteiger charge is 2.50. The Morgan fingerprint density at radius 3 is 2.27 bits per heavy atom. The van der Waals surface area contributed by atoms with E-state index in [1.165, 1.54) is 0 Å². The summed E-state index contributed by atoms with van der Waals surface area (Å²) < 4.78 is 10.7. The molecule has 0 bridgehead atoms. The van der Waals surface area contributed by atoms with Gasteiger partial charge in [-0.1, -0.05) is 18.2 Å². The van der Waals surface area contributed by atoms with Crippen LogP contribution in [0.4, 0.5) is 4.79 Å². The zero-order chi connectivity index (χ0) is 16.4. The van der Waals surface area contributed by atoms with Crippen molar-refractivity contribution in [2.75, 3.05) is 13.7 Å². The van der Waals surface area contributed by atoms with Crippen LogP contribution in [0.3, 0.4) is 0 Å². The van der Waals surface area contributed by atoms with Gasteiger partial charge in [0.1, 0.15) is 12.2 Å². The first-order valence-electron chi connectivity index (χ1n) is 7.43. The minimum Gasteiger partial charge on any atom is -0.460 e. The number of ether oxygens (including phenoxy) is 2. The summed E-state index contributed by atoms with van der Waals surface area (Å²) in [7, 11) is 1.69. The molecule has 1 saturated carbocycles. The molecule has 22 heavy (non-hydrogen) atoms. The number of nitrogens with zero attached hydrogens (tertiary/aromatic N) is 1. The average molecular weight is 305 g/mol. The fraction of sp³-hybridized carbons (Fsp3) is 0.529. The van der Waals surface area contributed by atoms with Crippen LogP contribution in [0.1, 0.15) is 44.0 Å². The fourth-order valence-electron chi connectivity index (χ4n) is 2.10. The van der Waals surface area contributed by atoms with Crippen molar-refractivity contribution in [1.29, 1.82) is 0 Å². The monoisotopic (exact) mass is 305 g/mol. The summed E-state index contributed by atoms with van der Waals surface area (Å²) >= 11 is 0. The second kappa shape index (κ2) is 5.99. The smallest absolute Gasteiger partial charge is 0.410 e. The first kappa shape index (κ1) is 16.3. The molecule has 0 aliphatic heterocycles. The molecule has 0 atom stereocenters. The van der Waals surface area contributed by atoms with Crippen molar-refractivity contribution in [3.05, 3.63) is 35.9 Å². The average Bonchev–Trinajstić information content (AvgIpc) is 3.24. The van der Waals surface area contributed by atoms with Gasteiger partial charge in [-0.2, -0.15) is 0 Å². The van der Waals surface area contributed by atoms with Crippen molar-refractivity contribution in [1.82, 2.24) is 4.90 Å². The van der Waals surface area contributed by atoms with Crippen molar-refractivity contribution < 1.29 is 19.1 Å². The molecular formula is C17H23NO4. The Kier molecular flexibility index (Phi) is 4.44. The van der Waals surface area contributed by atoms with E-state index in [0.717, 1.165) is 12.8 Å². The Morgan fingerprint density at radius 2 is 1.77 bits per heavy atom. The molecule has 120 valence electrons. The van der Waals surface area contributed by atoms with E-state index in [1.807, 2.05) is 26.8 Å². The van der Waals surface area contributed by atoms with Gasteiger partial charge < -0.3 is 14.4 Å². The van der Waals surface area contributed by atoms with Gasteiger partial charge in [-0.25, -0.2) is 9.59 Å². The minimum absolute atomic E-state index is 0.191. The topological polar surface area (TPSA) is 55.8 Å². The Hall–Kier alpha value is -2.04. The number of likely N-dealkylation sites (N-methyl/N-ethyl adjacent to an activating group) is 1. The van der Waals surface area contributed by atoms with Gasteiger partial charge in [-0.3, -0.25) is 0 Å². The van der Waals surface area contributed by atoms with Gasteiger partial charge in [-0.15, -0.1) is 0 Å². The van der Waals surface area contributed by atoms with Crippen LogP contribution in [0.2, 0.25) is 0 Å². The van der Waals surface area contributed by atoms with Crippen molar-refractivity contribution in [2.24, 2.45) is 0 Å². The number of hydrogen-bond acceptors (Lipinski definition) is 4. The summed E-state index contributed by atoms with van der Waals surface area (Å²) in [5.41, 5.74) is -0.451. The second-order valence-electron chi connectivity index (χ2n) is 6.71. The number of benzene rings is 1. The zero-order valence-electron chi connectivity index (χ0n) is 13.6. The molecule has 0 aromatic heterocycles. The number of carbonyl (C=O) groups excluding carboxylic acids is 2. The summed E-state index contributed by atoms with van der Waals surface area (Å²) in [4.78, 5) is 25.7. The van der Waals surface area contributed by atoms with E-state index in [-0.39, 0.29) is 18.7 Å². The summed E-state index contributed by atoms with van der Waals surface area (Å²) in [6, 6.07) is 8.83. The lowest BCUT2D eigenvalue weighted by Crippen LogP contribution is -2.45. The van der Waals surface area contributed by atoms with Crippen LogP contribution in [0.15, 0.2) is 30.3 Å². The van der Waals surface area contributed by atoms with Gasteiger partial charge in [-0.05, 0) is 45.7 Å². The van der Waals surface area contributed by atoms with E-state index in [0.29, 0.717) is 5.56 Å². The molecule has 1 amide bonds. The molecule has 1 aromatic rings. The molecule has 0 N–H and O–H groups in total. The largest absolute Gasteiger partial charge is 0.460 e. The highest BCUT2D eigenvalue weighted by Crippen LogP contribution is 2.42. The molecule has 2 rings (SSSR count). The first-order valence-corrected chi connectivity index (χ1v) is 7.43. The number of rotatable bonds is 4. The molecule has 0 unspecified atom stereocenters. The number of esters is 1. The standard InChI is InChI=1S/C17H23NO4/c1-16(2,3)22-15(20)18(4)17(10-11-17)12-21-14(19)13-8-6-5-7-9-13/h5-9H,10-12H2,1-4H3. The summed E-state index contributed by atoms with van der Waals surface area (Å²) in [6.07, 6.45) is 1.23. The molecular weight excluding hydrogens is 282 g/mol. The third-order valence-electron chi connectivity index (χ3n) is 3.69. The summed E-state index contributed by atoms with van der Waals surface area (Å²) in [5, 5.41) is 0. The SMILES string of the molecule is CN(C(=O)OC(C)(C)C)C1(COC(=O)c2ccccc2)CC1. The summed E-state index contributed by atoms with van der Waals surface area (Å²) in [5.74, 6) is -0.371. The number of amides is 1. The third-order valence-corrected chi connectivity index (χ3v) is 3.69. The Bertz CT molecular complexity index is 544. The zero-order valence-corrected chi connectivity index (χ0v) is 13.6. The van der Waals surface area contributed by atoms with Gasteiger partial charge in [0.15, 0.2) is 0 Å². The fourth-order valence-corrected chi connectivity index (χ4v) is 2.10. The van der Waals surface area contributed by atoms with E-state index < -0.39 is 11.1 Å². The van der Waals surface area contributed by atoms with E-state index in [4.69, 9.17) is 9.47 Å². The predicted octanol–water partition coefficient (Wildman–Crippen LogP) is 3.24. The maximum Gasteiger partial charge on any atom is 0.410 e. The predicted molar refractivity (Wildman–Crippen MR) is 82.7 cm³/mol. The molecule has 0 heterocycles. The quantitative estimate of drug-likeness (QED) is 0.801. The van der Waals surface area contributed by atoms with Gasteiger partial charge in [0.25, 0.3) is 0 Å². The van der Waals surface area contributed by atoms with E-state index in [2.05, 4.69) is 0 Å². The molecule has 0 saturated heterocycles. The molecule has 0 spiro atoms. The van der Waals surface area contributed by atoms with E-state index in [9.17, 15) is 9.59 Å². The molecule has 1 aromatic carbocycles. The van der Waals surface area contributed by atoms with Crippen molar-refractivity contribution in [3.8, 4) is 0 Å². The molecule has 1 aliphatic rings. The normalized spacial score (nSPS) is 15.8. The lowest BCUT2D eigenvalue weighted by atomic mass is 10.2. The van der Waals surface area contributed by atoms with Gasteiger partial charge in [0.2, 0.25) is 0 Å². The maximum atomic E-state index is 12.1. The second-order valence-corrected chi connectivity index (χ2v) is 6.71. The highest BCUT2D eigenvalue weighted by atomic mass is 16.6. The van der Waals surface area contributed by atoms with Gasteiger partial charge in [0, 0.05) is 7.05 Å². The molecule has 1 aliphatic carbocycles. The highest BCUT2D eigenvalue weighted by molar-refractivity contribution is 5.89. The van der Waals surface area contributed by atoms with Crippen LogP contribution in [0.25, 0.3) is 0 Å². The third kappa shape index (κ3) is 4.00. The molecule has 5 nitrogen and oxygen atoms in total. The molecule has 5 heteroatoms. The van der Waals surface area contributed by atoms with Crippen LogP contribution in [-0.4, -0.2) is 41.8 Å². The van der Waals surface area contributed by atoms with Crippen molar-refractivity contribution in [2.45, 2.75) is 44.8 Å². The molecule has 0 radical (unpaired) electrons. The number of hydrogen-bond donors (Lipinski definition) is 0. The lowest BCUT2D eigenvalue weighted by Gasteiger charge is -2.30. The lowest BCUT2D eigenvalue weighted by molar-refractivity contribution is 0.00409. The van der Waals surface area contributed by atoms with Crippen LogP contribution < -0.4 is 0 Å². The molecule has 1 fully saturated rings. The summed E-state index contributed by atoms with van der Waals surface area (Å²) in [6.45, 7) is 5.67. The van der Waals surface area contributed by atoms with Crippen LogP contribution in [0, 0.1) is 0 Å². The Morgan fingerprint density at radius 1 is 1.18 bits per heavy atom. The van der Waals surface area contributed by atoms with E-state index in [1.54, 1.807) is 36.2 Å². The Labute approximate surface area is 131 Å². The van der Waals surface area contributed by atoms with Crippen molar-refractivity contribution >= 4 is 12.1 Å². The number of carbonyl (C=O) groups is 2. The Balaban J connectivity index is 1.92. The van der Waals surface area contributed by atoms with Crippen LogP contribution in [0.5, 0.6) is 0 Å². The van der Waals surface area contributed by atoms with Gasteiger partial charge in [0.05, 0.1) is 11.1 Å². The van der Waals surface area contributed by atoms with Crippen LogP contribution in [-0.2, 0) is 9.47 Å². The van der Waals surface area contributed by atoms with Crippen LogP contribution >= 0.6 is 0 Å².